The van der Waals surface area contributed by atoms with Gasteiger partial charge in [-0.1, -0.05) is 0 Å². The number of nitrogens with one attached hydrogen (secondary N) is 1. The van der Waals surface area contributed by atoms with E-state index in [1.807, 2.05) is 0 Å². The Labute approximate surface area is 86.6 Å². The van der Waals surface area contributed by atoms with Gasteiger partial charge < -0.3 is 10.6 Å². The Kier molecular flexibility index (Phi) is 4.35. The van der Waals surface area contributed by atoms with Crippen LogP contribution in [0.4, 0.5) is 0 Å². The maximum absolute atomic E-state index is 7.14. The van der Waals surface area contributed by atoms with Gasteiger partial charge in [0.25, 0.3) is 0 Å². The molecule has 4 heteroatoms. The Bertz CT molecular complexity index is 193. The van der Waals surface area contributed by atoms with E-state index in [1.165, 1.54) is 0 Å². The van der Waals surface area contributed by atoms with Crippen molar-refractivity contribution in [2.75, 3.05) is 33.2 Å². The molecule has 1 saturated heterocycles. The molecule has 0 aromatic carbocycles. The summed E-state index contributed by atoms with van der Waals surface area (Å²) in [6, 6.07) is 0.640. The smallest absolute Gasteiger partial charge is 0.0905 e. The van der Waals surface area contributed by atoms with Gasteiger partial charge in [-0.25, -0.2) is 0 Å². The third-order valence-corrected chi connectivity index (χ3v) is 2.86. The summed E-state index contributed by atoms with van der Waals surface area (Å²) in [5.41, 5.74) is 5.32. The molecule has 1 rings (SSSR count). The van der Waals surface area contributed by atoms with E-state index >= 15 is 0 Å². The quantitative estimate of drug-likeness (QED) is 0.506. The second kappa shape index (κ2) is 5.32. The van der Waals surface area contributed by atoms with Crippen LogP contribution in [-0.2, 0) is 0 Å². The largest absolute Gasteiger partial charge is 0.388 e. The lowest BCUT2D eigenvalue weighted by molar-refractivity contribution is 0.0996. The summed E-state index contributed by atoms with van der Waals surface area (Å²) in [6.45, 7) is 6.80. The second-order valence-electron chi connectivity index (χ2n) is 4.28. The first-order chi connectivity index (χ1) is 6.59. The fourth-order valence-corrected chi connectivity index (χ4v) is 1.98. The van der Waals surface area contributed by atoms with E-state index in [2.05, 4.69) is 23.8 Å². The third kappa shape index (κ3) is 3.64. The molecule has 1 aliphatic heterocycles. The number of rotatable bonds is 4. The fraction of sp³-hybridized carbons (Fsp3) is 0.900. The van der Waals surface area contributed by atoms with Crippen LogP contribution < -0.4 is 5.73 Å². The van der Waals surface area contributed by atoms with Gasteiger partial charge >= 0.3 is 0 Å². The van der Waals surface area contributed by atoms with Crippen LogP contribution in [-0.4, -0.2) is 54.9 Å². The van der Waals surface area contributed by atoms with Crippen molar-refractivity contribution in [3.63, 3.8) is 0 Å². The van der Waals surface area contributed by atoms with Crippen molar-refractivity contribution in [3.8, 4) is 0 Å². The summed E-state index contributed by atoms with van der Waals surface area (Å²) < 4.78 is 0. The lowest BCUT2D eigenvalue weighted by atomic mass is 10.1. The number of hydrogen-bond acceptors (Lipinski definition) is 3. The lowest BCUT2D eigenvalue weighted by Gasteiger charge is -2.38. The van der Waals surface area contributed by atoms with E-state index < -0.39 is 0 Å². The summed E-state index contributed by atoms with van der Waals surface area (Å²) in [5, 5.41) is 7.14. The molecule has 1 heterocycles. The summed E-state index contributed by atoms with van der Waals surface area (Å²) in [5.74, 6) is 0.312. The standard InChI is InChI=1S/C10H22N4/c1-9-8-13(2)6-7-14(9)5-3-4-10(11)12/h9H,3-8H2,1-2H3,(H3,11,12). The topological polar surface area (TPSA) is 56.4 Å². The van der Waals surface area contributed by atoms with Crippen LogP contribution in [0.25, 0.3) is 0 Å². The molecule has 1 fully saturated rings. The zero-order valence-electron chi connectivity index (χ0n) is 9.29. The summed E-state index contributed by atoms with van der Waals surface area (Å²) >= 11 is 0. The van der Waals surface area contributed by atoms with E-state index in [4.69, 9.17) is 11.1 Å². The Morgan fingerprint density at radius 1 is 1.50 bits per heavy atom. The minimum Gasteiger partial charge on any atom is -0.388 e. The Balaban J connectivity index is 2.20. The van der Waals surface area contributed by atoms with Gasteiger partial charge in [-0.05, 0) is 26.9 Å². The number of likely N-dealkylation sites (N-methyl/N-ethyl adjacent to an activating group) is 1. The van der Waals surface area contributed by atoms with Gasteiger partial charge in [-0.15, -0.1) is 0 Å². The van der Waals surface area contributed by atoms with Crippen molar-refractivity contribution in [2.45, 2.75) is 25.8 Å². The predicted octanol–water partition coefficient (Wildman–Crippen LogP) is 0.338. The Hall–Kier alpha value is -0.610. The minimum atomic E-state index is 0.312. The molecule has 4 nitrogen and oxygen atoms in total. The Morgan fingerprint density at radius 2 is 2.21 bits per heavy atom. The van der Waals surface area contributed by atoms with E-state index in [0.717, 1.165) is 39.0 Å². The van der Waals surface area contributed by atoms with Crippen LogP contribution >= 0.6 is 0 Å². The van der Waals surface area contributed by atoms with Crippen LogP contribution in [0, 0.1) is 5.41 Å². The zero-order valence-corrected chi connectivity index (χ0v) is 9.29. The highest BCUT2D eigenvalue weighted by Crippen LogP contribution is 2.08. The average molecular weight is 198 g/mol. The number of nitrogens with two attached hydrogens (primary N) is 1. The molecule has 0 saturated carbocycles. The lowest BCUT2D eigenvalue weighted by Crippen LogP contribution is -2.50. The maximum atomic E-state index is 7.14. The first-order valence-corrected chi connectivity index (χ1v) is 5.35. The monoisotopic (exact) mass is 198 g/mol. The first-order valence-electron chi connectivity index (χ1n) is 5.35. The highest BCUT2D eigenvalue weighted by molar-refractivity contribution is 5.76. The van der Waals surface area contributed by atoms with Crippen LogP contribution in [0.15, 0.2) is 0 Å². The van der Waals surface area contributed by atoms with Gasteiger partial charge in [0.1, 0.15) is 0 Å². The molecule has 1 unspecified atom stereocenters. The highest BCUT2D eigenvalue weighted by Gasteiger charge is 2.20. The van der Waals surface area contributed by atoms with Crippen LogP contribution in [0.1, 0.15) is 19.8 Å². The first kappa shape index (κ1) is 11.5. The van der Waals surface area contributed by atoms with Crippen molar-refractivity contribution in [1.29, 1.82) is 5.41 Å². The summed E-state index contributed by atoms with van der Waals surface area (Å²) in [4.78, 5) is 4.86. The highest BCUT2D eigenvalue weighted by atomic mass is 15.3. The normalized spacial score (nSPS) is 25.1. The number of hydrogen-bond donors (Lipinski definition) is 2. The molecule has 82 valence electrons. The van der Waals surface area contributed by atoms with Crippen LogP contribution in [0.2, 0.25) is 0 Å². The van der Waals surface area contributed by atoms with Crippen LogP contribution in [0.3, 0.4) is 0 Å². The second-order valence-corrected chi connectivity index (χ2v) is 4.28. The van der Waals surface area contributed by atoms with Gasteiger partial charge in [0.15, 0.2) is 0 Å². The summed E-state index contributed by atoms with van der Waals surface area (Å²) in [7, 11) is 2.17. The molecule has 14 heavy (non-hydrogen) atoms. The van der Waals surface area contributed by atoms with Crippen molar-refractivity contribution in [1.82, 2.24) is 9.80 Å². The van der Waals surface area contributed by atoms with Gasteiger partial charge in [0, 0.05) is 32.1 Å². The number of amidine groups is 1. The molecule has 1 aliphatic rings. The van der Waals surface area contributed by atoms with Gasteiger partial charge in [-0.3, -0.25) is 10.3 Å². The van der Waals surface area contributed by atoms with Crippen LogP contribution in [0.5, 0.6) is 0 Å². The molecule has 0 amide bonds. The molecule has 3 N–H and O–H groups in total. The van der Waals surface area contributed by atoms with Gasteiger partial charge in [0.2, 0.25) is 0 Å². The zero-order chi connectivity index (χ0) is 10.6. The average Bonchev–Trinajstić information content (AvgIpc) is 2.08. The molecular formula is C10H22N4. The van der Waals surface area contributed by atoms with Crippen molar-refractivity contribution < 1.29 is 0 Å². The molecule has 1 atom stereocenters. The molecule has 0 radical (unpaired) electrons. The SMILES string of the molecule is CC1CN(C)CCN1CCCC(=N)N. The molecular weight excluding hydrogens is 176 g/mol. The molecule has 0 spiro atoms. The Morgan fingerprint density at radius 3 is 2.79 bits per heavy atom. The fourth-order valence-electron chi connectivity index (χ4n) is 1.98. The minimum absolute atomic E-state index is 0.312. The molecule has 0 aliphatic carbocycles. The van der Waals surface area contributed by atoms with E-state index in [-0.39, 0.29) is 0 Å². The van der Waals surface area contributed by atoms with Gasteiger partial charge in [0.05, 0.1) is 5.84 Å². The molecule has 0 aromatic rings. The molecule has 0 bridgehead atoms. The van der Waals surface area contributed by atoms with Crippen molar-refractivity contribution in [3.05, 3.63) is 0 Å². The number of piperazine rings is 1. The van der Waals surface area contributed by atoms with E-state index in [1.54, 1.807) is 0 Å². The number of nitrogens with zero attached hydrogens (tertiary/aromatic N) is 2. The van der Waals surface area contributed by atoms with E-state index in [0.29, 0.717) is 11.9 Å². The third-order valence-electron chi connectivity index (χ3n) is 2.86. The molecule has 0 aromatic heterocycles. The van der Waals surface area contributed by atoms with Crippen molar-refractivity contribution in [2.24, 2.45) is 5.73 Å². The maximum Gasteiger partial charge on any atom is 0.0905 e. The summed E-state index contributed by atoms with van der Waals surface area (Å²) in [6.07, 6.45) is 1.75. The van der Waals surface area contributed by atoms with Crippen molar-refractivity contribution >= 4 is 5.84 Å². The van der Waals surface area contributed by atoms with E-state index in [9.17, 15) is 0 Å². The predicted molar refractivity (Wildman–Crippen MR) is 59.7 cm³/mol. The van der Waals surface area contributed by atoms with Gasteiger partial charge in [-0.2, -0.15) is 0 Å².